The van der Waals surface area contributed by atoms with E-state index in [9.17, 15) is 4.79 Å². The maximum atomic E-state index is 12.2. The molecule has 1 aliphatic heterocycles. The van der Waals surface area contributed by atoms with Crippen LogP contribution in [0.1, 0.15) is 31.7 Å². The first kappa shape index (κ1) is 13.7. The highest BCUT2D eigenvalue weighted by molar-refractivity contribution is 9.10. The lowest BCUT2D eigenvalue weighted by molar-refractivity contribution is -0.122. The van der Waals surface area contributed by atoms with Crippen molar-refractivity contribution in [1.82, 2.24) is 9.78 Å². The highest BCUT2D eigenvalue weighted by Gasteiger charge is 2.29. The summed E-state index contributed by atoms with van der Waals surface area (Å²) in [5, 5.41) is 4.41. The van der Waals surface area contributed by atoms with Gasteiger partial charge in [-0.25, -0.2) is 0 Å². The molecular weight excluding hydrogens is 296 g/mol. The lowest BCUT2D eigenvalue weighted by Crippen LogP contribution is -2.19. The van der Waals surface area contributed by atoms with Crippen molar-refractivity contribution in [2.24, 2.45) is 5.92 Å². The number of aryl methyl sites for hydroxylation is 2. The number of carbonyl (C=O) groups is 1. The Balaban J connectivity index is 2.11. The highest BCUT2D eigenvalue weighted by Crippen LogP contribution is 2.25. The second kappa shape index (κ2) is 5.53. The number of carbonyl (C=O) groups excluding carboxylic acids is 1. The van der Waals surface area contributed by atoms with E-state index in [4.69, 9.17) is 4.74 Å². The molecule has 2 heterocycles. The van der Waals surface area contributed by atoms with Crippen LogP contribution in [0, 0.1) is 12.8 Å². The zero-order valence-corrected chi connectivity index (χ0v) is 12.7. The molecule has 0 aliphatic carbocycles. The molecule has 1 aromatic heterocycles. The second-order valence-corrected chi connectivity index (χ2v) is 5.67. The standard InChI is InChI=1S/C13H19BrN2O2/c1-4-16-11(13(14)9(3)15-16)6-12(17)10-5-8(2)18-7-10/h8,10H,4-7H2,1-3H3. The molecule has 1 fully saturated rings. The van der Waals surface area contributed by atoms with Crippen molar-refractivity contribution >= 4 is 21.7 Å². The normalized spacial score (nSPS) is 23.6. The lowest BCUT2D eigenvalue weighted by atomic mass is 9.97. The fraction of sp³-hybridized carbons (Fsp3) is 0.692. The van der Waals surface area contributed by atoms with Crippen molar-refractivity contribution in [1.29, 1.82) is 0 Å². The third-order valence-corrected chi connectivity index (χ3v) is 4.48. The molecule has 1 aliphatic rings. The minimum atomic E-state index is 0.0485. The number of halogens is 1. The molecule has 0 radical (unpaired) electrons. The SMILES string of the molecule is CCn1nc(C)c(Br)c1CC(=O)C1COC(C)C1. The summed E-state index contributed by atoms with van der Waals surface area (Å²) in [6.45, 7) is 7.35. The molecule has 2 unspecified atom stereocenters. The Morgan fingerprint density at radius 2 is 2.33 bits per heavy atom. The topological polar surface area (TPSA) is 44.1 Å². The van der Waals surface area contributed by atoms with E-state index in [1.807, 2.05) is 25.5 Å². The van der Waals surface area contributed by atoms with Gasteiger partial charge in [0.1, 0.15) is 5.78 Å². The van der Waals surface area contributed by atoms with Crippen molar-refractivity contribution in [2.45, 2.75) is 46.3 Å². The summed E-state index contributed by atoms with van der Waals surface area (Å²) in [6.07, 6.45) is 1.49. The van der Waals surface area contributed by atoms with Crippen LogP contribution >= 0.6 is 15.9 Å². The van der Waals surface area contributed by atoms with Gasteiger partial charge in [0.25, 0.3) is 0 Å². The van der Waals surface area contributed by atoms with Gasteiger partial charge in [0.15, 0.2) is 0 Å². The van der Waals surface area contributed by atoms with Crippen LogP contribution < -0.4 is 0 Å². The minimum absolute atomic E-state index is 0.0485. The number of ether oxygens (including phenoxy) is 1. The fourth-order valence-corrected chi connectivity index (χ4v) is 2.81. The largest absolute Gasteiger partial charge is 0.378 e. The molecule has 0 N–H and O–H groups in total. The molecule has 1 aromatic rings. The van der Waals surface area contributed by atoms with Crippen molar-refractivity contribution in [3.8, 4) is 0 Å². The fourth-order valence-electron chi connectivity index (χ4n) is 2.39. The van der Waals surface area contributed by atoms with E-state index in [1.165, 1.54) is 0 Å². The Morgan fingerprint density at radius 1 is 1.61 bits per heavy atom. The Morgan fingerprint density at radius 3 is 2.89 bits per heavy atom. The summed E-state index contributed by atoms with van der Waals surface area (Å²) in [5.41, 5.74) is 1.93. The molecule has 0 bridgehead atoms. The van der Waals surface area contributed by atoms with Gasteiger partial charge in [-0.2, -0.15) is 5.10 Å². The van der Waals surface area contributed by atoms with Crippen LogP contribution in [-0.4, -0.2) is 28.3 Å². The summed E-state index contributed by atoms with van der Waals surface area (Å²) in [5.74, 6) is 0.307. The maximum Gasteiger partial charge on any atom is 0.144 e. The van der Waals surface area contributed by atoms with Crippen LogP contribution in [0.15, 0.2) is 4.47 Å². The van der Waals surface area contributed by atoms with Gasteiger partial charge in [-0.1, -0.05) is 0 Å². The Hall–Kier alpha value is -0.680. The molecule has 100 valence electrons. The number of Topliss-reactive ketones (excluding diaryl/α,β-unsaturated/α-hetero) is 1. The number of aromatic nitrogens is 2. The molecule has 1 saturated heterocycles. The Bertz CT molecular complexity index is 456. The quantitative estimate of drug-likeness (QED) is 0.857. The van der Waals surface area contributed by atoms with Crippen molar-refractivity contribution in [3.63, 3.8) is 0 Å². The van der Waals surface area contributed by atoms with Gasteiger partial charge < -0.3 is 4.74 Å². The first-order valence-electron chi connectivity index (χ1n) is 6.39. The molecule has 18 heavy (non-hydrogen) atoms. The van der Waals surface area contributed by atoms with E-state index in [0.29, 0.717) is 13.0 Å². The third kappa shape index (κ3) is 2.67. The minimum Gasteiger partial charge on any atom is -0.378 e. The molecule has 0 spiro atoms. The van der Waals surface area contributed by atoms with Gasteiger partial charge in [-0.05, 0) is 43.1 Å². The van der Waals surface area contributed by atoms with Crippen LogP contribution in [0.4, 0.5) is 0 Å². The maximum absolute atomic E-state index is 12.2. The first-order chi connectivity index (χ1) is 8.52. The molecule has 5 heteroatoms. The molecular formula is C13H19BrN2O2. The van der Waals surface area contributed by atoms with Crippen LogP contribution in [-0.2, 0) is 22.5 Å². The summed E-state index contributed by atoms with van der Waals surface area (Å²) < 4.78 is 8.32. The molecule has 0 saturated carbocycles. The van der Waals surface area contributed by atoms with E-state index in [2.05, 4.69) is 21.0 Å². The summed E-state index contributed by atoms with van der Waals surface area (Å²) >= 11 is 3.52. The Kier molecular flexibility index (Phi) is 4.22. The highest BCUT2D eigenvalue weighted by atomic mass is 79.9. The van der Waals surface area contributed by atoms with Crippen LogP contribution in [0.2, 0.25) is 0 Å². The van der Waals surface area contributed by atoms with Crippen molar-refractivity contribution < 1.29 is 9.53 Å². The Labute approximate surface area is 116 Å². The predicted octanol–water partition coefficient (Wildman–Crippen LogP) is 2.51. The molecule has 0 aromatic carbocycles. The van der Waals surface area contributed by atoms with Crippen LogP contribution in [0.25, 0.3) is 0 Å². The van der Waals surface area contributed by atoms with E-state index in [-0.39, 0.29) is 17.8 Å². The van der Waals surface area contributed by atoms with Crippen molar-refractivity contribution in [3.05, 3.63) is 15.9 Å². The van der Waals surface area contributed by atoms with Gasteiger partial charge in [-0.15, -0.1) is 0 Å². The number of ketones is 1. The summed E-state index contributed by atoms with van der Waals surface area (Å²) in [4.78, 5) is 12.2. The van der Waals surface area contributed by atoms with Crippen LogP contribution in [0.5, 0.6) is 0 Å². The van der Waals surface area contributed by atoms with Gasteiger partial charge >= 0.3 is 0 Å². The third-order valence-electron chi connectivity index (χ3n) is 3.45. The molecule has 0 amide bonds. The van der Waals surface area contributed by atoms with Gasteiger partial charge in [-0.3, -0.25) is 9.48 Å². The number of hydrogen-bond donors (Lipinski definition) is 0. The van der Waals surface area contributed by atoms with Gasteiger partial charge in [0, 0.05) is 18.9 Å². The average molecular weight is 315 g/mol. The predicted molar refractivity (Wildman–Crippen MR) is 72.6 cm³/mol. The zero-order chi connectivity index (χ0) is 13.3. The second-order valence-electron chi connectivity index (χ2n) is 4.88. The van der Waals surface area contributed by atoms with Gasteiger partial charge in [0.05, 0.1) is 28.6 Å². The number of nitrogens with zero attached hydrogens (tertiary/aromatic N) is 2. The molecule has 2 rings (SSSR count). The first-order valence-corrected chi connectivity index (χ1v) is 7.18. The van der Waals surface area contributed by atoms with E-state index < -0.39 is 0 Å². The van der Waals surface area contributed by atoms with E-state index >= 15 is 0 Å². The summed E-state index contributed by atoms with van der Waals surface area (Å²) in [7, 11) is 0. The molecule has 4 nitrogen and oxygen atoms in total. The van der Waals surface area contributed by atoms with Gasteiger partial charge in [0.2, 0.25) is 0 Å². The average Bonchev–Trinajstić information content (AvgIpc) is 2.88. The smallest absolute Gasteiger partial charge is 0.144 e. The van der Waals surface area contributed by atoms with Crippen LogP contribution in [0.3, 0.4) is 0 Å². The van der Waals surface area contributed by atoms with E-state index in [0.717, 1.165) is 28.8 Å². The monoisotopic (exact) mass is 314 g/mol. The molecule has 2 atom stereocenters. The number of hydrogen-bond acceptors (Lipinski definition) is 3. The lowest BCUT2D eigenvalue weighted by Gasteiger charge is -2.08. The zero-order valence-electron chi connectivity index (χ0n) is 11.1. The number of rotatable bonds is 4. The van der Waals surface area contributed by atoms with Crippen molar-refractivity contribution in [2.75, 3.05) is 6.61 Å². The summed E-state index contributed by atoms with van der Waals surface area (Å²) in [6, 6.07) is 0. The van der Waals surface area contributed by atoms with E-state index in [1.54, 1.807) is 0 Å².